The summed E-state index contributed by atoms with van der Waals surface area (Å²) in [6.45, 7) is 3.62. The van der Waals surface area contributed by atoms with E-state index in [4.69, 9.17) is 0 Å². The quantitative estimate of drug-likeness (QED) is 0.779. The zero-order chi connectivity index (χ0) is 14.5. The summed E-state index contributed by atoms with van der Waals surface area (Å²) in [7, 11) is 0. The van der Waals surface area contributed by atoms with E-state index < -0.39 is 0 Å². The van der Waals surface area contributed by atoms with Crippen LogP contribution < -0.4 is 10.6 Å². The standard InChI is InChI=1S/C16H22N2O2/c1-3-14(10-12-4-5-12)17-16(20)18-15-8-6-13(7-9-15)11(2)19/h6-9,12,14H,3-5,10H2,1-2H3,(H2,17,18,20). The number of benzene rings is 1. The number of carbonyl (C=O) groups is 2. The van der Waals surface area contributed by atoms with Gasteiger partial charge in [0.25, 0.3) is 0 Å². The summed E-state index contributed by atoms with van der Waals surface area (Å²) in [6.07, 6.45) is 4.62. The fourth-order valence-corrected chi connectivity index (χ4v) is 2.22. The zero-order valence-electron chi connectivity index (χ0n) is 12.1. The first kappa shape index (κ1) is 14.6. The van der Waals surface area contributed by atoms with Gasteiger partial charge in [0.1, 0.15) is 0 Å². The molecule has 0 saturated heterocycles. The molecular formula is C16H22N2O2. The lowest BCUT2D eigenvalue weighted by molar-refractivity contribution is 0.101. The van der Waals surface area contributed by atoms with Gasteiger partial charge >= 0.3 is 6.03 Å². The largest absolute Gasteiger partial charge is 0.335 e. The Balaban J connectivity index is 1.84. The van der Waals surface area contributed by atoms with Crippen molar-refractivity contribution in [2.24, 2.45) is 5.92 Å². The van der Waals surface area contributed by atoms with Crippen LogP contribution in [0.2, 0.25) is 0 Å². The fraction of sp³-hybridized carbons (Fsp3) is 0.500. The molecule has 1 aromatic carbocycles. The molecule has 2 rings (SSSR count). The molecule has 0 aromatic heterocycles. The number of amides is 2. The van der Waals surface area contributed by atoms with Gasteiger partial charge < -0.3 is 10.6 Å². The summed E-state index contributed by atoms with van der Waals surface area (Å²) in [5.41, 5.74) is 1.35. The van der Waals surface area contributed by atoms with Gasteiger partial charge in [0.2, 0.25) is 0 Å². The molecule has 2 amide bonds. The van der Waals surface area contributed by atoms with Crippen LogP contribution in [0.3, 0.4) is 0 Å². The predicted molar refractivity (Wildman–Crippen MR) is 80.0 cm³/mol. The van der Waals surface area contributed by atoms with E-state index in [-0.39, 0.29) is 17.9 Å². The first-order valence-corrected chi connectivity index (χ1v) is 7.27. The third-order valence-electron chi connectivity index (χ3n) is 3.69. The number of anilines is 1. The van der Waals surface area contributed by atoms with Crippen LogP contribution in [0.25, 0.3) is 0 Å². The number of rotatable bonds is 6. The predicted octanol–water partition coefficient (Wildman–Crippen LogP) is 3.59. The maximum absolute atomic E-state index is 11.9. The van der Waals surface area contributed by atoms with Crippen LogP contribution in [-0.2, 0) is 0 Å². The number of Topliss-reactive ketones (excluding diaryl/α,β-unsaturated/α-hetero) is 1. The fourth-order valence-electron chi connectivity index (χ4n) is 2.22. The second-order valence-corrected chi connectivity index (χ2v) is 5.52. The Kier molecular flexibility index (Phi) is 4.77. The topological polar surface area (TPSA) is 58.2 Å². The highest BCUT2D eigenvalue weighted by atomic mass is 16.2. The van der Waals surface area contributed by atoms with Gasteiger partial charge in [0.05, 0.1) is 0 Å². The van der Waals surface area contributed by atoms with E-state index in [2.05, 4.69) is 17.6 Å². The van der Waals surface area contributed by atoms with E-state index >= 15 is 0 Å². The second-order valence-electron chi connectivity index (χ2n) is 5.52. The van der Waals surface area contributed by atoms with Crippen molar-refractivity contribution >= 4 is 17.5 Å². The van der Waals surface area contributed by atoms with Gasteiger partial charge in [-0.15, -0.1) is 0 Å². The van der Waals surface area contributed by atoms with Crippen LogP contribution in [0.1, 0.15) is 49.9 Å². The van der Waals surface area contributed by atoms with Crippen LogP contribution in [-0.4, -0.2) is 17.9 Å². The second kappa shape index (κ2) is 6.55. The Bertz CT molecular complexity index is 478. The van der Waals surface area contributed by atoms with E-state index in [1.165, 1.54) is 19.8 Å². The van der Waals surface area contributed by atoms with Crippen LogP contribution in [0, 0.1) is 5.92 Å². The summed E-state index contributed by atoms with van der Waals surface area (Å²) in [5.74, 6) is 0.826. The van der Waals surface area contributed by atoms with Gasteiger partial charge in [-0.05, 0) is 49.9 Å². The normalized spacial score (nSPS) is 15.5. The molecule has 1 aliphatic rings. The van der Waals surface area contributed by atoms with Gasteiger partial charge in [0, 0.05) is 17.3 Å². The maximum atomic E-state index is 11.9. The summed E-state index contributed by atoms with van der Waals surface area (Å²) < 4.78 is 0. The van der Waals surface area contributed by atoms with Crippen molar-refractivity contribution in [3.8, 4) is 0 Å². The molecule has 4 nitrogen and oxygen atoms in total. The Morgan fingerprint density at radius 1 is 1.25 bits per heavy atom. The van der Waals surface area contributed by atoms with E-state index in [1.54, 1.807) is 24.3 Å². The van der Waals surface area contributed by atoms with Crippen LogP contribution >= 0.6 is 0 Å². The van der Waals surface area contributed by atoms with Gasteiger partial charge in [-0.2, -0.15) is 0 Å². The third-order valence-corrected chi connectivity index (χ3v) is 3.69. The van der Waals surface area contributed by atoms with Gasteiger partial charge in [-0.3, -0.25) is 4.79 Å². The average molecular weight is 274 g/mol. The van der Waals surface area contributed by atoms with Crippen molar-refractivity contribution in [2.45, 2.75) is 45.6 Å². The molecule has 1 fully saturated rings. The molecule has 0 bridgehead atoms. The van der Waals surface area contributed by atoms with Crippen LogP contribution in [0.4, 0.5) is 10.5 Å². The lowest BCUT2D eigenvalue weighted by Gasteiger charge is -2.17. The molecule has 0 heterocycles. The van der Waals surface area contributed by atoms with Crippen LogP contribution in [0.15, 0.2) is 24.3 Å². The summed E-state index contributed by atoms with van der Waals surface area (Å²) in [4.78, 5) is 23.1. The molecule has 1 atom stereocenters. The Hall–Kier alpha value is -1.84. The van der Waals surface area contributed by atoms with E-state index in [0.29, 0.717) is 11.3 Å². The number of hydrogen-bond acceptors (Lipinski definition) is 2. The maximum Gasteiger partial charge on any atom is 0.319 e. The molecule has 108 valence electrons. The molecule has 1 aliphatic carbocycles. The summed E-state index contributed by atoms with van der Waals surface area (Å²) >= 11 is 0. The lowest BCUT2D eigenvalue weighted by atomic mass is 10.1. The minimum atomic E-state index is -0.173. The zero-order valence-corrected chi connectivity index (χ0v) is 12.1. The molecule has 0 spiro atoms. The highest BCUT2D eigenvalue weighted by molar-refractivity contribution is 5.95. The molecular weight excluding hydrogens is 252 g/mol. The monoisotopic (exact) mass is 274 g/mol. The smallest absolute Gasteiger partial charge is 0.319 e. The van der Waals surface area contributed by atoms with E-state index in [9.17, 15) is 9.59 Å². The highest BCUT2D eigenvalue weighted by Crippen LogP contribution is 2.34. The number of urea groups is 1. The van der Waals surface area contributed by atoms with Crippen molar-refractivity contribution in [2.75, 3.05) is 5.32 Å². The Morgan fingerprint density at radius 3 is 2.40 bits per heavy atom. The molecule has 0 radical (unpaired) electrons. The van der Waals surface area contributed by atoms with Crippen molar-refractivity contribution in [1.29, 1.82) is 0 Å². The third kappa shape index (κ3) is 4.37. The number of carbonyl (C=O) groups excluding carboxylic acids is 2. The van der Waals surface area contributed by atoms with Gasteiger partial charge in [-0.25, -0.2) is 4.79 Å². The molecule has 2 N–H and O–H groups in total. The first-order valence-electron chi connectivity index (χ1n) is 7.27. The lowest BCUT2D eigenvalue weighted by Crippen LogP contribution is -2.37. The molecule has 1 saturated carbocycles. The first-order chi connectivity index (χ1) is 9.58. The van der Waals surface area contributed by atoms with Crippen molar-refractivity contribution in [1.82, 2.24) is 5.32 Å². The number of nitrogens with one attached hydrogen (secondary N) is 2. The van der Waals surface area contributed by atoms with Crippen LogP contribution in [0.5, 0.6) is 0 Å². The molecule has 0 aliphatic heterocycles. The van der Waals surface area contributed by atoms with Gasteiger partial charge in [0.15, 0.2) is 5.78 Å². The number of ketones is 1. The minimum absolute atomic E-state index is 0.0245. The van der Waals surface area contributed by atoms with Crippen molar-refractivity contribution in [3.05, 3.63) is 29.8 Å². The molecule has 1 aromatic rings. The molecule has 20 heavy (non-hydrogen) atoms. The Morgan fingerprint density at radius 2 is 1.90 bits per heavy atom. The van der Waals surface area contributed by atoms with Crippen molar-refractivity contribution < 1.29 is 9.59 Å². The summed E-state index contributed by atoms with van der Waals surface area (Å²) in [6, 6.07) is 7.02. The average Bonchev–Trinajstić information content (AvgIpc) is 3.22. The van der Waals surface area contributed by atoms with Gasteiger partial charge in [-0.1, -0.05) is 19.8 Å². The highest BCUT2D eigenvalue weighted by Gasteiger charge is 2.25. The van der Waals surface area contributed by atoms with Crippen molar-refractivity contribution in [3.63, 3.8) is 0 Å². The molecule has 1 unspecified atom stereocenters. The Labute approximate surface area is 119 Å². The van der Waals surface area contributed by atoms with E-state index in [1.807, 2.05) is 0 Å². The SMILES string of the molecule is CCC(CC1CC1)NC(=O)Nc1ccc(C(C)=O)cc1. The minimum Gasteiger partial charge on any atom is -0.335 e. The summed E-state index contributed by atoms with van der Waals surface area (Å²) in [5, 5.41) is 5.81. The van der Waals surface area contributed by atoms with E-state index in [0.717, 1.165) is 18.8 Å². The number of hydrogen-bond donors (Lipinski definition) is 2. The molecule has 4 heteroatoms.